The van der Waals surface area contributed by atoms with Gasteiger partial charge in [0.2, 0.25) is 5.91 Å². The second kappa shape index (κ2) is 5.57. The molecule has 0 saturated heterocycles. The number of rotatable bonds is 6. The summed E-state index contributed by atoms with van der Waals surface area (Å²) in [5.74, 6) is 2.97. The smallest absolute Gasteiger partial charge is 0.220 e. The number of carbonyl (C=O) groups excluding carboxylic acids is 1. The molecule has 21 heavy (non-hydrogen) atoms. The minimum Gasteiger partial charge on any atom is -0.396 e. The van der Waals surface area contributed by atoms with Crippen LogP contribution in [0.3, 0.4) is 0 Å². The molecule has 0 aliphatic heterocycles. The Balaban J connectivity index is 1.53. The Morgan fingerprint density at radius 1 is 1.14 bits per heavy atom. The molecule has 4 aliphatic carbocycles. The van der Waals surface area contributed by atoms with Crippen molar-refractivity contribution in [2.45, 2.75) is 65.2 Å². The predicted octanol–water partition coefficient (Wildman–Crippen LogP) is 3.12. The molecule has 3 nitrogen and oxygen atoms in total. The van der Waals surface area contributed by atoms with E-state index in [1.165, 1.54) is 38.5 Å². The van der Waals surface area contributed by atoms with Crippen molar-refractivity contribution < 1.29 is 9.90 Å². The third-order valence-electron chi connectivity index (χ3n) is 6.25. The van der Waals surface area contributed by atoms with E-state index in [2.05, 4.69) is 19.2 Å². The molecule has 4 saturated carbocycles. The van der Waals surface area contributed by atoms with Crippen molar-refractivity contribution in [2.75, 3.05) is 13.2 Å². The number of nitrogens with one attached hydrogen (secondary N) is 1. The van der Waals surface area contributed by atoms with E-state index in [1.807, 2.05) is 0 Å². The van der Waals surface area contributed by atoms with Crippen LogP contribution in [-0.4, -0.2) is 24.2 Å². The Morgan fingerprint density at radius 2 is 1.67 bits per heavy atom. The van der Waals surface area contributed by atoms with Gasteiger partial charge in [-0.3, -0.25) is 4.79 Å². The van der Waals surface area contributed by atoms with Gasteiger partial charge < -0.3 is 10.4 Å². The van der Waals surface area contributed by atoms with E-state index in [-0.39, 0.29) is 17.9 Å². The average molecular weight is 293 g/mol. The molecule has 0 radical (unpaired) electrons. The van der Waals surface area contributed by atoms with Crippen LogP contribution in [0.25, 0.3) is 0 Å². The molecule has 0 atom stereocenters. The van der Waals surface area contributed by atoms with Crippen LogP contribution < -0.4 is 5.32 Å². The summed E-state index contributed by atoms with van der Waals surface area (Å²) in [6.07, 6.45) is 9.68. The lowest BCUT2D eigenvalue weighted by atomic mass is 9.49. The van der Waals surface area contributed by atoms with Crippen molar-refractivity contribution in [3.8, 4) is 0 Å². The largest absolute Gasteiger partial charge is 0.396 e. The number of hydrogen-bond acceptors (Lipinski definition) is 2. The molecule has 4 fully saturated rings. The maximum Gasteiger partial charge on any atom is 0.220 e. The summed E-state index contributed by atoms with van der Waals surface area (Å²) in [7, 11) is 0. The molecule has 0 aromatic heterocycles. The van der Waals surface area contributed by atoms with Gasteiger partial charge in [-0.15, -0.1) is 0 Å². The first-order valence-corrected chi connectivity index (χ1v) is 8.77. The van der Waals surface area contributed by atoms with E-state index in [0.29, 0.717) is 12.0 Å². The van der Waals surface area contributed by atoms with Crippen LogP contribution in [0, 0.1) is 28.6 Å². The average Bonchev–Trinajstić information content (AvgIpc) is 2.34. The quantitative estimate of drug-likeness (QED) is 0.790. The first-order valence-electron chi connectivity index (χ1n) is 8.77. The van der Waals surface area contributed by atoms with E-state index in [0.717, 1.165) is 30.6 Å². The van der Waals surface area contributed by atoms with E-state index in [9.17, 15) is 4.79 Å². The van der Waals surface area contributed by atoms with E-state index < -0.39 is 0 Å². The van der Waals surface area contributed by atoms with E-state index >= 15 is 0 Å². The molecule has 120 valence electrons. The highest BCUT2D eigenvalue weighted by atomic mass is 16.3. The predicted molar refractivity (Wildman–Crippen MR) is 83.7 cm³/mol. The lowest BCUT2D eigenvalue weighted by Gasteiger charge is -2.56. The van der Waals surface area contributed by atoms with Gasteiger partial charge in [-0.05, 0) is 73.5 Å². The number of carbonyl (C=O) groups is 1. The van der Waals surface area contributed by atoms with Crippen molar-refractivity contribution in [3.63, 3.8) is 0 Å². The fourth-order valence-electron chi connectivity index (χ4n) is 5.64. The Bertz CT molecular complexity index is 367. The van der Waals surface area contributed by atoms with Gasteiger partial charge in [0.15, 0.2) is 0 Å². The number of aliphatic hydroxyl groups excluding tert-OH is 1. The molecule has 0 heterocycles. The number of hydrogen-bond donors (Lipinski definition) is 2. The summed E-state index contributed by atoms with van der Waals surface area (Å²) >= 11 is 0. The van der Waals surface area contributed by atoms with Crippen molar-refractivity contribution in [3.05, 3.63) is 0 Å². The van der Waals surface area contributed by atoms with Crippen molar-refractivity contribution in [2.24, 2.45) is 28.6 Å². The summed E-state index contributed by atoms with van der Waals surface area (Å²) in [6.45, 7) is 5.08. The van der Waals surface area contributed by atoms with Crippen LogP contribution in [0.5, 0.6) is 0 Å². The zero-order valence-electron chi connectivity index (χ0n) is 13.7. The normalized spacial score (nSPS) is 37.8. The second-order valence-corrected chi connectivity index (χ2v) is 9.01. The van der Waals surface area contributed by atoms with Crippen LogP contribution in [-0.2, 0) is 4.79 Å². The summed E-state index contributed by atoms with van der Waals surface area (Å²) in [5.41, 5.74) is 0.325. The maximum atomic E-state index is 12.4. The maximum absolute atomic E-state index is 12.4. The molecule has 4 aliphatic rings. The van der Waals surface area contributed by atoms with Gasteiger partial charge in [0.1, 0.15) is 0 Å². The molecule has 0 unspecified atom stereocenters. The van der Waals surface area contributed by atoms with Gasteiger partial charge in [-0.25, -0.2) is 0 Å². The zero-order chi connectivity index (χ0) is 15.1. The molecule has 0 spiro atoms. The molecule has 0 aromatic carbocycles. The first-order chi connectivity index (χ1) is 9.90. The Morgan fingerprint density at radius 3 is 2.14 bits per heavy atom. The minimum atomic E-state index is -0.00805. The summed E-state index contributed by atoms with van der Waals surface area (Å²) in [6, 6.07) is 0. The number of aliphatic hydroxyl groups is 1. The lowest BCUT2D eigenvalue weighted by molar-refractivity contribution is -0.129. The lowest BCUT2D eigenvalue weighted by Crippen LogP contribution is -2.48. The van der Waals surface area contributed by atoms with Gasteiger partial charge in [0.25, 0.3) is 0 Å². The molecule has 4 bridgehead atoms. The van der Waals surface area contributed by atoms with Gasteiger partial charge in [-0.1, -0.05) is 13.8 Å². The molecular weight excluding hydrogens is 262 g/mol. The molecule has 0 aromatic rings. The Labute approximate surface area is 128 Å². The SMILES string of the molecule is CC(C)(CCO)CNC(=O)CC12CC3CC(CC(C3)C1)C2. The summed E-state index contributed by atoms with van der Waals surface area (Å²) in [4.78, 5) is 12.4. The van der Waals surface area contributed by atoms with Crippen molar-refractivity contribution in [1.29, 1.82) is 0 Å². The van der Waals surface area contributed by atoms with Crippen LogP contribution >= 0.6 is 0 Å². The molecule has 3 heteroatoms. The minimum absolute atomic E-state index is 0.00805. The summed E-state index contributed by atoms with van der Waals surface area (Å²) < 4.78 is 0. The fourth-order valence-corrected chi connectivity index (χ4v) is 5.64. The van der Waals surface area contributed by atoms with Gasteiger partial charge >= 0.3 is 0 Å². The van der Waals surface area contributed by atoms with Crippen molar-refractivity contribution in [1.82, 2.24) is 5.32 Å². The molecule has 1 amide bonds. The fraction of sp³-hybridized carbons (Fsp3) is 0.944. The highest BCUT2D eigenvalue weighted by Gasteiger charge is 2.51. The Hall–Kier alpha value is -0.570. The monoisotopic (exact) mass is 293 g/mol. The highest BCUT2D eigenvalue weighted by Crippen LogP contribution is 2.61. The van der Waals surface area contributed by atoms with E-state index in [4.69, 9.17) is 5.11 Å². The van der Waals surface area contributed by atoms with E-state index in [1.54, 1.807) is 0 Å². The molecular formula is C18H31NO2. The second-order valence-electron chi connectivity index (χ2n) is 9.01. The third-order valence-corrected chi connectivity index (χ3v) is 6.25. The zero-order valence-corrected chi connectivity index (χ0v) is 13.7. The third kappa shape index (κ3) is 3.44. The molecule has 2 N–H and O–H groups in total. The van der Waals surface area contributed by atoms with Crippen molar-refractivity contribution >= 4 is 5.91 Å². The van der Waals surface area contributed by atoms with Crippen LogP contribution in [0.4, 0.5) is 0 Å². The van der Waals surface area contributed by atoms with Crippen LogP contribution in [0.1, 0.15) is 65.2 Å². The van der Waals surface area contributed by atoms with Crippen LogP contribution in [0.15, 0.2) is 0 Å². The van der Waals surface area contributed by atoms with Gasteiger partial charge in [0, 0.05) is 19.6 Å². The van der Waals surface area contributed by atoms with Crippen LogP contribution in [0.2, 0.25) is 0 Å². The topological polar surface area (TPSA) is 49.3 Å². The molecule has 4 rings (SSSR count). The summed E-state index contributed by atoms with van der Waals surface area (Å²) in [5, 5.41) is 12.2. The standard InChI is InChI=1S/C18H31NO2/c1-17(2,3-4-20)12-19-16(21)11-18-8-13-5-14(9-18)7-15(6-13)10-18/h13-15,20H,3-12H2,1-2H3,(H,19,21). The van der Waals surface area contributed by atoms with Gasteiger partial charge in [0.05, 0.1) is 0 Å². The first kappa shape index (κ1) is 15.3. The highest BCUT2D eigenvalue weighted by molar-refractivity contribution is 5.76. The number of amides is 1. The Kier molecular flexibility index (Phi) is 4.06. The van der Waals surface area contributed by atoms with Gasteiger partial charge in [-0.2, -0.15) is 0 Å².